The normalized spacial score (nSPS) is 27.4. The number of hydrogen-bond acceptors (Lipinski definition) is 7. The van der Waals surface area contributed by atoms with Gasteiger partial charge in [0.2, 0.25) is 0 Å². The van der Waals surface area contributed by atoms with E-state index in [0.717, 1.165) is 77.0 Å². The molecule has 0 aromatic carbocycles. The third-order valence-corrected chi connectivity index (χ3v) is 10.1. The standard InChI is InChI=1S/C37H66O7/c1-3-4-5-6-7-10-13-16-19-31(39)33-23-25-35(43-33)36-26-24-34(44-36)32(40)20-17-14-11-8-9-12-15-18-30(38)22-21-29-27-28(2)42-37(29)41/h27-28,30-36,38-40H,3-26H2,1-2H3/t28-,30+,31+,32+,33+,34+,35+,36+/m0/s1. The maximum absolute atomic E-state index is 11.7. The number of unbranched alkanes of at least 4 members (excludes halogenated alkanes) is 13. The molecule has 0 amide bonds. The van der Waals surface area contributed by atoms with Crippen LogP contribution in [0.1, 0.15) is 168 Å². The first-order valence-corrected chi connectivity index (χ1v) is 18.6. The summed E-state index contributed by atoms with van der Waals surface area (Å²) >= 11 is 0. The number of ether oxygens (including phenoxy) is 3. The van der Waals surface area contributed by atoms with E-state index in [2.05, 4.69) is 6.92 Å². The van der Waals surface area contributed by atoms with Gasteiger partial charge in [-0.3, -0.25) is 0 Å². The molecular formula is C37H66O7. The number of aliphatic hydroxyl groups is 3. The summed E-state index contributed by atoms with van der Waals surface area (Å²) in [5, 5.41) is 31.7. The van der Waals surface area contributed by atoms with Crippen LogP contribution in [0.3, 0.4) is 0 Å². The summed E-state index contributed by atoms with van der Waals surface area (Å²) in [7, 11) is 0. The Bertz CT molecular complexity index is 801. The van der Waals surface area contributed by atoms with Crippen molar-refractivity contribution in [2.45, 2.75) is 217 Å². The van der Waals surface area contributed by atoms with E-state index >= 15 is 0 Å². The summed E-state index contributed by atoms with van der Waals surface area (Å²) in [5.74, 6) is -0.231. The van der Waals surface area contributed by atoms with Gasteiger partial charge in [0.25, 0.3) is 0 Å². The van der Waals surface area contributed by atoms with Crippen LogP contribution in [-0.4, -0.2) is 70.1 Å². The molecule has 2 saturated heterocycles. The molecule has 0 aliphatic carbocycles. The molecule has 0 unspecified atom stereocenters. The van der Waals surface area contributed by atoms with Crippen LogP contribution in [0.4, 0.5) is 0 Å². The molecule has 44 heavy (non-hydrogen) atoms. The summed E-state index contributed by atoms with van der Waals surface area (Å²) in [6.07, 6.45) is 25.9. The molecule has 0 bridgehead atoms. The Kier molecular flexibility index (Phi) is 18.5. The average molecular weight is 623 g/mol. The monoisotopic (exact) mass is 622 g/mol. The number of hydrogen-bond donors (Lipinski definition) is 3. The lowest BCUT2D eigenvalue weighted by Gasteiger charge is -2.24. The molecule has 8 atom stereocenters. The van der Waals surface area contributed by atoms with Crippen LogP contribution in [-0.2, 0) is 19.0 Å². The molecule has 0 aromatic rings. The maximum Gasteiger partial charge on any atom is 0.334 e. The van der Waals surface area contributed by atoms with Gasteiger partial charge in [0, 0.05) is 5.57 Å². The molecule has 7 heteroatoms. The second-order valence-corrected chi connectivity index (χ2v) is 14.0. The van der Waals surface area contributed by atoms with Gasteiger partial charge >= 0.3 is 5.97 Å². The Balaban J connectivity index is 1.13. The average Bonchev–Trinajstić information content (AvgIpc) is 3.76. The molecule has 0 radical (unpaired) electrons. The molecule has 2 fully saturated rings. The Morgan fingerprint density at radius 1 is 0.659 bits per heavy atom. The van der Waals surface area contributed by atoms with Gasteiger partial charge in [-0.1, -0.05) is 103 Å². The first-order valence-electron chi connectivity index (χ1n) is 18.6. The molecule has 3 aliphatic rings. The third kappa shape index (κ3) is 14.2. The number of esters is 1. The van der Waals surface area contributed by atoms with Crippen molar-refractivity contribution in [1.29, 1.82) is 0 Å². The van der Waals surface area contributed by atoms with Crippen molar-refractivity contribution in [2.24, 2.45) is 0 Å². The summed E-state index contributed by atoms with van der Waals surface area (Å²) in [5.41, 5.74) is 0.706. The van der Waals surface area contributed by atoms with Crippen LogP contribution >= 0.6 is 0 Å². The minimum Gasteiger partial charge on any atom is -0.455 e. The Morgan fingerprint density at radius 2 is 1.11 bits per heavy atom. The Hall–Kier alpha value is -0.990. The molecule has 0 saturated carbocycles. The van der Waals surface area contributed by atoms with Crippen molar-refractivity contribution >= 4 is 5.97 Å². The van der Waals surface area contributed by atoms with E-state index in [-0.39, 0.29) is 48.7 Å². The van der Waals surface area contributed by atoms with Crippen molar-refractivity contribution < 1.29 is 34.3 Å². The predicted molar refractivity (Wildman–Crippen MR) is 175 cm³/mol. The van der Waals surface area contributed by atoms with Gasteiger partial charge in [-0.2, -0.15) is 0 Å². The SMILES string of the molecule is CCCCCCCCCC[C@@H](O)[C@H]1CC[C@H]([C@H]2CC[C@H]([C@H](O)CCCCCCCCC[C@@H](O)CCC3=C[C@H](C)OC3=O)O2)O1. The van der Waals surface area contributed by atoms with Crippen molar-refractivity contribution in [3.8, 4) is 0 Å². The highest BCUT2D eigenvalue weighted by molar-refractivity contribution is 5.90. The van der Waals surface area contributed by atoms with E-state index in [4.69, 9.17) is 14.2 Å². The smallest absolute Gasteiger partial charge is 0.334 e. The van der Waals surface area contributed by atoms with Crippen LogP contribution in [0.25, 0.3) is 0 Å². The molecular weight excluding hydrogens is 556 g/mol. The zero-order valence-electron chi connectivity index (χ0n) is 28.1. The molecule has 3 N–H and O–H groups in total. The molecule has 0 aromatic heterocycles. The third-order valence-electron chi connectivity index (χ3n) is 10.1. The second kappa shape index (κ2) is 21.7. The fourth-order valence-corrected chi connectivity index (χ4v) is 7.25. The summed E-state index contributed by atoms with van der Waals surface area (Å²) < 4.78 is 17.7. The van der Waals surface area contributed by atoms with Crippen molar-refractivity contribution in [2.75, 3.05) is 0 Å². The van der Waals surface area contributed by atoms with Gasteiger partial charge in [0.15, 0.2) is 0 Å². The van der Waals surface area contributed by atoms with Gasteiger partial charge in [-0.25, -0.2) is 4.79 Å². The second-order valence-electron chi connectivity index (χ2n) is 14.0. The lowest BCUT2D eigenvalue weighted by molar-refractivity contribution is -0.139. The Morgan fingerprint density at radius 3 is 1.57 bits per heavy atom. The molecule has 3 aliphatic heterocycles. The molecule has 3 heterocycles. The quantitative estimate of drug-likeness (QED) is 0.0703. The van der Waals surface area contributed by atoms with E-state index in [0.29, 0.717) is 18.4 Å². The molecule has 0 spiro atoms. The summed E-state index contributed by atoms with van der Waals surface area (Å²) in [6.45, 7) is 4.11. The lowest BCUT2D eigenvalue weighted by Crippen LogP contribution is -2.33. The topological polar surface area (TPSA) is 105 Å². The van der Waals surface area contributed by atoms with Crippen LogP contribution in [0.2, 0.25) is 0 Å². The zero-order valence-corrected chi connectivity index (χ0v) is 28.1. The molecule has 256 valence electrons. The lowest BCUT2D eigenvalue weighted by atomic mass is 10.00. The zero-order chi connectivity index (χ0) is 31.6. The highest BCUT2D eigenvalue weighted by Crippen LogP contribution is 2.34. The van der Waals surface area contributed by atoms with Crippen LogP contribution in [0.15, 0.2) is 11.6 Å². The largest absolute Gasteiger partial charge is 0.455 e. The highest BCUT2D eigenvalue weighted by atomic mass is 16.6. The fourth-order valence-electron chi connectivity index (χ4n) is 7.25. The van der Waals surface area contributed by atoms with Crippen molar-refractivity contribution in [1.82, 2.24) is 0 Å². The van der Waals surface area contributed by atoms with E-state index in [1.54, 1.807) is 0 Å². The predicted octanol–water partition coefficient (Wildman–Crippen LogP) is 7.86. The van der Waals surface area contributed by atoms with E-state index in [1.807, 2.05) is 13.0 Å². The Labute approximate surface area is 268 Å². The number of cyclic esters (lactones) is 1. The van der Waals surface area contributed by atoms with Crippen molar-refractivity contribution in [3.05, 3.63) is 11.6 Å². The van der Waals surface area contributed by atoms with E-state index < -0.39 is 6.10 Å². The number of aliphatic hydroxyl groups excluding tert-OH is 3. The fraction of sp³-hybridized carbons (Fsp3) is 0.919. The van der Waals surface area contributed by atoms with Crippen LogP contribution in [0, 0.1) is 0 Å². The van der Waals surface area contributed by atoms with Gasteiger partial charge in [-0.05, 0) is 70.8 Å². The highest BCUT2D eigenvalue weighted by Gasteiger charge is 2.40. The maximum atomic E-state index is 11.7. The summed E-state index contributed by atoms with van der Waals surface area (Å²) in [4.78, 5) is 11.7. The first-order chi connectivity index (χ1) is 21.4. The van der Waals surface area contributed by atoms with E-state index in [9.17, 15) is 20.1 Å². The van der Waals surface area contributed by atoms with Gasteiger partial charge in [-0.15, -0.1) is 0 Å². The molecule has 7 nitrogen and oxygen atoms in total. The van der Waals surface area contributed by atoms with E-state index in [1.165, 1.54) is 64.2 Å². The van der Waals surface area contributed by atoms with Gasteiger partial charge in [0.05, 0.1) is 42.7 Å². The minimum atomic E-state index is -0.406. The van der Waals surface area contributed by atoms with Gasteiger partial charge < -0.3 is 29.5 Å². The number of rotatable bonds is 25. The van der Waals surface area contributed by atoms with Crippen molar-refractivity contribution in [3.63, 3.8) is 0 Å². The first kappa shape index (κ1) is 37.5. The van der Waals surface area contributed by atoms with Crippen LogP contribution in [0.5, 0.6) is 0 Å². The van der Waals surface area contributed by atoms with Gasteiger partial charge in [0.1, 0.15) is 6.10 Å². The molecule has 3 rings (SSSR count). The van der Waals surface area contributed by atoms with Crippen LogP contribution < -0.4 is 0 Å². The number of carbonyl (C=O) groups is 1. The minimum absolute atomic E-state index is 0.0495. The summed E-state index contributed by atoms with van der Waals surface area (Å²) in [6, 6.07) is 0. The number of carbonyl (C=O) groups excluding carboxylic acids is 1.